The molecule has 9 atom stereocenters. The van der Waals surface area contributed by atoms with Crippen molar-refractivity contribution in [3.05, 3.63) is 108 Å². The largest absolute Gasteiger partial charge is 0.480 e. The summed E-state index contributed by atoms with van der Waals surface area (Å²) < 4.78 is 0. The van der Waals surface area contributed by atoms with Gasteiger partial charge in [0.05, 0.1) is 6.04 Å². The lowest BCUT2D eigenvalue weighted by Gasteiger charge is -2.34. The van der Waals surface area contributed by atoms with Crippen LogP contribution in [0.4, 0.5) is 0 Å². The van der Waals surface area contributed by atoms with Crippen LogP contribution in [0.25, 0.3) is 10.9 Å². The van der Waals surface area contributed by atoms with Gasteiger partial charge in [-0.25, -0.2) is 4.79 Å². The van der Waals surface area contributed by atoms with Crippen LogP contribution < -0.4 is 54.8 Å². The Morgan fingerprint density at radius 2 is 1.19 bits per heavy atom. The Morgan fingerprint density at radius 3 is 1.81 bits per heavy atom. The van der Waals surface area contributed by atoms with E-state index in [0.29, 0.717) is 61.1 Å². The summed E-state index contributed by atoms with van der Waals surface area (Å²) in [6.45, 7) is 4.28. The molecular formula is C61H86N14O10S. The highest BCUT2D eigenvalue weighted by atomic mass is 32.2. The summed E-state index contributed by atoms with van der Waals surface area (Å²) >= 11 is 1.44. The highest BCUT2D eigenvalue weighted by Gasteiger charge is 2.45. The average molecular weight is 1210 g/mol. The smallest absolute Gasteiger partial charge is 0.326 e. The van der Waals surface area contributed by atoms with Crippen LogP contribution in [-0.2, 0) is 62.4 Å². The molecule has 466 valence electrons. The van der Waals surface area contributed by atoms with E-state index in [0.717, 1.165) is 10.9 Å². The summed E-state index contributed by atoms with van der Waals surface area (Å²) in [5.41, 5.74) is 25.7. The number of nitrogens with one attached hydrogen (secondary N) is 7. The van der Waals surface area contributed by atoms with Gasteiger partial charge in [0.1, 0.15) is 48.3 Å². The van der Waals surface area contributed by atoms with Crippen LogP contribution in [-0.4, -0.2) is 172 Å². The van der Waals surface area contributed by atoms with E-state index in [1.807, 2.05) is 36.6 Å². The van der Waals surface area contributed by atoms with Crippen LogP contribution in [0.5, 0.6) is 0 Å². The van der Waals surface area contributed by atoms with Gasteiger partial charge in [-0.05, 0) is 111 Å². The van der Waals surface area contributed by atoms with Crippen molar-refractivity contribution in [1.29, 1.82) is 0 Å². The second kappa shape index (κ2) is 33.6. The molecule has 2 aliphatic rings. The lowest BCUT2D eigenvalue weighted by atomic mass is 10.0. The van der Waals surface area contributed by atoms with Crippen molar-refractivity contribution in [2.75, 3.05) is 38.2 Å². The molecule has 16 N–H and O–H groups in total. The standard InChI is InChI=1S/C61H86N14O10S/c1-37(2)51(60(84)85)73-56(80)47(35-40-36-67-43-23-11-10-21-41(40)43)71-57(81)49-25-15-30-74(49)59(83)50-26-16-31-75(50)58(82)48(34-39-19-8-5-9-20-39)72-55(79)46(33-38-17-6-4-7-18-38)70-54(78)45(27-32-86-3)69-53(77)44(24-12-13-28-62)68-52(76)42(63)22-14-29-66-61(64)65/h4-11,17-21,23,36-37,42,44-51,67H,12-16,22,24-35,62-63H2,1-3H3,(H,68,76)(H,69,77)(H,70,78)(H,71,81)(H,72,79)(H,73,80)(H,84,85)(H4,64,65,66)/t42-,44-,45-,46-,47-,48-,49-,50-,51-/m0/s1. The molecule has 3 heterocycles. The molecule has 0 bridgehead atoms. The van der Waals surface area contributed by atoms with Crippen molar-refractivity contribution in [1.82, 2.24) is 46.7 Å². The van der Waals surface area contributed by atoms with E-state index in [-0.39, 0.29) is 77.0 Å². The minimum absolute atomic E-state index is 0.00654. The van der Waals surface area contributed by atoms with E-state index in [1.54, 1.807) is 74.6 Å². The number of thioether (sulfide) groups is 1. The Bertz CT molecular complexity index is 2960. The molecule has 86 heavy (non-hydrogen) atoms. The number of benzene rings is 3. The number of para-hydroxylation sites is 1. The first-order valence-corrected chi connectivity index (χ1v) is 31.0. The molecule has 8 amide bonds. The number of rotatable bonds is 33. The number of carbonyl (C=O) groups excluding carboxylic acids is 8. The third-order valence-electron chi connectivity index (χ3n) is 15.6. The highest BCUT2D eigenvalue weighted by Crippen LogP contribution is 2.27. The Balaban J connectivity index is 1.21. The number of nitrogens with two attached hydrogens (primary N) is 4. The zero-order chi connectivity index (χ0) is 62.3. The normalized spacial score (nSPS) is 17.3. The SMILES string of the molecule is CSCC[C@H](NC(=O)[C@H](CCCCN)NC(=O)[C@@H](N)CCCN=C(N)N)C(=O)N[C@@H](Cc1ccccc1)C(=O)N[C@@H](Cc1ccccc1)C(=O)N1CCC[C@H]1C(=O)N1CCC[C@H]1C(=O)N[C@@H](Cc1c[nH]c2ccccc12)C(=O)N[C@H](C(=O)O)C(C)C. The number of fused-ring (bicyclic) bond motifs is 1. The fourth-order valence-electron chi connectivity index (χ4n) is 10.9. The lowest BCUT2D eigenvalue weighted by molar-refractivity contribution is -0.148. The maximum atomic E-state index is 15.2. The molecule has 0 radical (unpaired) electrons. The van der Waals surface area contributed by atoms with E-state index in [9.17, 15) is 43.5 Å². The molecule has 24 nitrogen and oxygen atoms in total. The van der Waals surface area contributed by atoms with Gasteiger partial charge in [0.2, 0.25) is 47.3 Å². The molecule has 6 rings (SSSR count). The molecule has 3 aromatic carbocycles. The maximum Gasteiger partial charge on any atom is 0.326 e. The Morgan fingerprint density at radius 1 is 0.640 bits per heavy atom. The van der Waals surface area contributed by atoms with E-state index in [2.05, 4.69) is 41.9 Å². The number of carboxylic acids is 1. The minimum Gasteiger partial charge on any atom is -0.480 e. The summed E-state index contributed by atoms with van der Waals surface area (Å²) in [5.74, 6) is -6.31. The second-order valence-corrected chi connectivity index (χ2v) is 23.3. The predicted octanol–water partition coefficient (Wildman–Crippen LogP) is 1.09. The Labute approximate surface area is 506 Å². The van der Waals surface area contributed by atoms with Crippen molar-refractivity contribution < 1.29 is 48.3 Å². The molecule has 2 fully saturated rings. The number of aromatic nitrogens is 1. The Hall–Kier alpha value is -8.03. The zero-order valence-corrected chi connectivity index (χ0v) is 50.2. The summed E-state index contributed by atoms with van der Waals surface area (Å²) in [7, 11) is 0. The van der Waals surface area contributed by atoms with Crippen LogP contribution >= 0.6 is 11.8 Å². The molecule has 0 aliphatic carbocycles. The summed E-state index contributed by atoms with van der Waals surface area (Å²) in [4.78, 5) is 138. The first-order chi connectivity index (χ1) is 41.3. The quantitative estimate of drug-likeness (QED) is 0.0181. The fourth-order valence-corrected chi connectivity index (χ4v) is 11.3. The van der Waals surface area contributed by atoms with Crippen molar-refractivity contribution in [2.45, 2.75) is 152 Å². The molecule has 2 saturated heterocycles. The van der Waals surface area contributed by atoms with Crippen LogP contribution in [0, 0.1) is 5.92 Å². The number of carboxylic acid groups (broad SMARTS) is 1. The Kier molecular flexibility index (Phi) is 26.2. The summed E-state index contributed by atoms with van der Waals surface area (Å²) in [6.07, 6.45) is 7.02. The molecule has 2 aliphatic heterocycles. The van der Waals surface area contributed by atoms with Crippen molar-refractivity contribution in [3.63, 3.8) is 0 Å². The summed E-state index contributed by atoms with van der Waals surface area (Å²) in [5, 5.41) is 27.6. The topological polar surface area (TPSA) is 385 Å². The first-order valence-electron chi connectivity index (χ1n) is 29.6. The second-order valence-electron chi connectivity index (χ2n) is 22.3. The van der Waals surface area contributed by atoms with Crippen LogP contribution in [0.2, 0.25) is 0 Å². The van der Waals surface area contributed by atoms with Crippen LogP contribution in [0.3, 0.4) is 0 Å². The van der Waals surface area contributed by atoms with Gasteiger partial charge in [0.15, 0.2) is 5.96 Å². The zero-order valence-electron chi connectivity index (χ0n) is 49.3. The van der Waals surface area contributed by atoms with Gasteiger partial charge in [0, 0.05) is 56.0 Å². The van der Waals surface area contributed by atoms with E-state index < -0.39 is 114 Å². The summed E-state index contributed by atoms with van der Waals surface area (Å²) in [6, 6.07) is 15.1. The van der Waals surface area contributed by atoms with Gasteiger partial charge in [0.25, 0.3) is 0 Å². The number of hydrogen-bond donors (Lipinski definition) is 12. The minimum atomic E-state index is -1.29. The van der Waals surface area contributed by atoms with Gasteiger partial charge in [-0.3, -0.25) is 43.3 Å². The lowest BCUT2D eigenvalue weighted by Crippen LogP contribution is -2.61. The monoisotopic (exact) mass is 1210 g/mol. The van der Waals surface area contributed by atoms with E-state index >= 15 is 4.79 Å². The molecular weight excluding hydrogens is 1120 g/mol. The fraction of sp³-hybridized carbons (Fsp3) is 0.508. The molecule has 25 heteroatoms. The first kappa shape index (κ1) is 67.1. The van der Waals surface area contributed by atoms with Gasteiger partial charge >= 0.3 is 5.97 Å². The number of likely N-dealkylation sites (tertiary alicyclic amines) is 2. The number of hydrogen-bond acceptors (Lipinski definition) is 13. The number of carbonyl (C=O) groups is 9. The highest BCUT2D eigenvalue weighted by molar-refractivity contribution is 7.98. The van der Waals surface area contributed by atoms with Gasteiger partial charge < -0.3 is 74.7 Å². The number of aliphatic imine (C=N–C) groups is 1. The van der Waals surface area contributed by atoms with Crippen LogP contribution in [0.1, 0.15) is 94.7 Å². The van der Waals surface area contributed by atoms with E-state index in [4.69, 9.17) is 22.9 Å². The molecule has 0 unspecified atom stereocenters. The van der Waals surface area contributed by atoms with Crippen molar-refractivity contribution in [2.24, 2.45) is 33.8 Å². The molecule has 0 saturated carbocycles. The third kappa shape index (κ3) is 19.5. The number of amides is 8. The third-order valence-corrected chi connectivity index (χ3v) is 16.2. The number of guanidine groups is 1. The predicted molar refractivity (Wildman–Crippen MR) is 330 cm³/mol. The number of nitrogens with zero attached hydrogens (tertiary/aromatic N) is 3. The molecule has 1 aromatic heterocycles. The van der Waals surface area contributed by atoms with Gasteiger partial charge in [-0.15, -0.1) is 0 Å². The number of unbranched alkanes of at least 4 members (excludes halogenated alkanes) is 1. The van der Waals surface area contributed by atoms with E-state index in [1.165, 1.54) is 21.6 Å². The molecule has 4 aromatic rings. The number of aromatic amines is 1. The average Bonchev–Trinajstić information content (AvgIpc) is 4.19. The maximum absolute atomic E-state index is 15.2. The number of aliphatic carboxylic acids is 1. The number of H-pyrrole nitrogens is 1. The van der Waals surface area contributed by atoms with Crippen molar-refractivity contribution >= 4 is 81.9 Å². The molecule has 0 spiro atoms. The van der Waals surface area contributed by atoms with Crippen LogP contribution in [0.15, 0.2) is 96.1 Å². The van der Waals surface area contributed by atoms with Gasteiger partial charge in [-0.2, -0.15) is 11.8 Å². The van der Waals surface area contributed by atoms with Gasteiger partial charge in [-0.1, -0.05) is 92.7 Å². The van der Waals surface area contributed by atoms with Crippen molar-refractivity contribution in [3.8, 4) is 0 Å².